The highest BCUT2D eigenvalue weighted by molar-refractivity contribution is 5.81. The smallest absolute Gasteiger partial charge is 0.335 e. The maximum absolute atomic E-state index is 12.9. The summed E-state index contributed by atoms with van der Waals surface area (Å²) in [5.41, 5.74) is 1.04. The molecule has 1 aliphatic carbocycles. The van der Waals surface area contributed by atoms with Crippen LogP contribution >= 0.6 is 0 Å². The minimum absolute atomic E-state index is 0.0496. The van der Waals surface area contributed by atoms with E-state index >= 15 is 0 Å². The molecule has 262 valence electrons. The third kappa shape index (κ3) is 9.58. The Hall–Kier alpha value is -2.40. The van der Waals surface area contributed by atoms with E-state index in [0.717, 1.165) is 12.8 Å². The zero-order valence-electron chi connectivity index (χ0n) is 25.7. The third-order valence-electron chi connectivity index (χ3n) is 7.69. The number of methoxy groups -OCH3 is 2. The van der Waals surface area contributed by atoms with Gasteiger partial charge in [-0.05, 0) is 12.8 Å². The van der Waals surface area contributed by atoms with Crippen LogP contribution < -0.4 is 5.32 Å². The Morgan fingerprint density at radius 2 is 1.46 bits per heavy atom. The average Bonchev–Trinajstić information content (AvgIpc) is 3.79. The molecule has 0 bridgehead atoms. The number of hydrogen-bond acceptors (Lipinski definition) is 16. The van der Waals surface area contributed by atoms with Gasteiger partial charge in [-0.1, -0.05) is 5.21 Å². The molecule has 3 heterocycles. The van der Waals surface area contributed by atoms with Crippen molar-refractivity contribution in [2.45, 2.75) is 86.7 Å². The summed E-state index contributed by atoms with van der Waals surface area (Å²) in [6.07, 6.45) is -12.5. The Balaban J connectivity index is 1.12. The molecule has 1 amide bonds. The fraction of sp³-hybridized carbons (Fsp3) is 0.852. The lowest BCUT2D eigenvalue weighted by Crippen LogP contribution is -2.66. The monoisotopic (exact) mass is 664 g/mol. The summed E-state index contributed by atoms with van der Waals surface area (Å²) in [5, 5.41) is 62.3. The number of ether oxygens (including phenoxy) is 8. The molecule has 10 atom stereocenters. The molecule has 0 aromatic carbocycles. The summed E-state index contributed by atoms with van der Waals surface area (Å²) in [6, 6.07) is 0. The highest BCUT2D eigenvalue weighted by Crippen LogP contribution is 2.38. The number of carbonyl (C=O) groups is 2. The van der Waals surface area contributed by atoms with Gasteiger partial charge in [0, 0.05) is 32.9 Å². The van der Waals surface area contributed by atoms with Crippen LogP contribution in [0.5, 0.6) is 0 Å². The van der Waals surface area contributed by atoms with Crippen LogP contribution in [-0.2, 0) is 54.0 Å². The molecule has 0 spiro atoms. The lowest BCUT2D eigenvalue weighted by molar-refractivity contribution is -0.348. The lowest BCUT2D eigenvalue weighted by atomic mass is 9.96. The summed E-state index contributed by atoms with van der Waals surface area (Å²) < 4.78 is 44.5. The first-order valence-electron chi connectivity index (χ1n) is 15.0. The Labute approximate surface area is 264 Å². The van der Waals surface area contributed by atoms with Crippen LogP contribution in [0.1, 0.15) is 24.5 Å². The fourth-order valence-electron chi connectivity index (χ4n) is 5.00. The predicted octanol–water partition coefficient (Wildman–Crippen LogP) is -3.65. The molecule has 2 saturated heterocycles. The van der Waals surface area contributed by atoms with Crippen molar-refractivity contribution in [2.75, 3.05) is 60.4 Å². The highest BCUT2D eigenvalue weighted by Gasteiger charge is 2.54. The first kappa shape index (κ1) is 36.4. The summed E-state index contributed by atoms with van der Waals surface area (Å²) >= 11 is 0. The number of nitrogens with zero attached hydrogens (tertiary/aromatic N) is 3. The van der Waals surface area contributed by atoms with Gasteiger partial charge in [0.05, 0.1) is 51.9 Å². The zero-order valence-corrected chi connectivity index (χ0v) is 25.7. The summed E-state index contributed by atoms with van der Waals surface area (Å²) in [4.78, 5) is 24.7. The van der Waals surface area contributed by atoms with Gasteiger partial charge in [-0.2, -0.15) is 0 Å². The van der Waals surface area contributed by atoms with E-state index in [1.54, 1.807) is 4.68 Å². The minimum Gasteiger partial charge on any atom is -0.479 e. The quantitative estimate of drug-likeness (QED) is 0.0780. The van der Waals surface area contributed by atoms with E-state index in [2.05, 4.69) is 15.6 Å². The number of carboxylic acids is 1. The molecule has 10 unspecified atom stereocenters. The Morgan fingerprint density at radius 1 is 0.848 bits per heavy atom. The Kier molecular flexibility index (Phi) is 14.0. The number of aliphatic hydroxyl groups excluding tert-OH is 4. The number of hydrogen-bond donors (Lipinski definition) is 6. The van der Waals surface area contributed by atoms with Crippen LogP contribution in [0.3, 0.4) is 0 Å². The summed E-state index contributed by atoms with van der Waals surface area (Å²) in [6.45, 7) is 2.62. The van der Waals surface area contributed by atoms with Crippen molar-refractivity contribution >= 4 is 11.9 Å². The molecule has 4 rings (SSSR count). The van der Waals surface area contributed by atoms with Crippen LogP contribution in [0, 0.1) is 0 Å². The molecular formula is C27H44N4O15. The predicted molar refractivity (Wildman–Crippen MR) is 149 cm³/mol. The van der Waals surface area contributed by atoms with E-state index in [1.165, 1.54) is 20.0 Å². The number of aromatic nitrogens is 3. The number of aliphatic carboxylic acids is 1. The van der Waals surface area contributed by atoms with Crippen LogP contribution in [0.4, 0.5) is 0 Å². The van der Waals surface area contributed by atoms with Gasteiger partial charge in [0.1, 0.15) is 36.6 Å². The maximum Gasteiger partial charge on any atom is 0.335 e. The first-order valence-corrected chi connectivity index (χ1v) is 15.0. The second-order valence-corrected chi connectivity index (χ2v) is 11.0. The number of carboxylic acid groups (broad SMARTS) is 1. The van der Waals surface area contributed by atoms with E-state index in [0.29, 0.717) is 38.9 Å². The Morgan fingerprint density at radius 3 is 2.09 bits per heavy atom. The molecule has 0 radical (unpaired) electrons. The highest BCUT2D eigenvalue weighted by atomic mass is 16.7. The topological polar surface area (TPSA) is 252 Å². The third-order valence-corrected chi connectivity index (χ3v) is 7.69. The maximum atomic E-state index is 12.9. The molecule has 2 aliphatic heterocycles. The summed E-state index contributed by atoms with van der Waals surface area (Å²) in [5.74, 6) is -1.74. The average molecular weight is 665 g/mol. The van der Waals surface area contributed by atoms with Gasteiger partial charge < -0.3 is 68.7 Å². The van der Waals surface area contributed by atoms with Gasteiger partial charge in [0.25, 0.3) is 5.91 Å². The number of carbonyl (C=O) groups excluding carboxylic acids is 1. The van der Waals surface area contributed by atoms with Crippen LogP contribution in [0.2, 0.25) is 0 Å². The van der Waals surface area contributed by atoms with Crippen molar-refractivity contribution < 1.29 is 73.0 Å². The van der Waals surface area contributed by atoms with Gasteiger partial charge in [0.15, 0.2) is 24.8 Å². The lowest BCUT2D eigenvalue weighted by Gasteiger charge is -2.45. The molecular weight excluding hydrogens is 620 g/mol. The molecule has 19 nitrogen and oxygen atoms in total. The van der Waals surface area contributed by atoms with Crippen molar-refractivity contribution in [2.24, 2.45) is 0 Å². The van der Waals surface area contributed by atoms with E-state index in [4.69, 9.17) is 37.9 Å². The second-order valence-electron chi connectivity index (χ2n) is 11.0. The molecule has 3 fully saturated rings. The molecule has 6 N–H and O–H groups in total. The molecule has 19 heteroatoms. The van der Waals surface area contributed by atoms with Crippen molar-refractivity contribution in [3.05, 3.63) is 11.9 Å². The van der Waals surface area contributed by atoms with Crippen LogP contribution in [0.15, 0.2) is 6.20 Å². The SMILES string of the molecule is COC1OC(C(=O)O)C(OC2OC(C(=O)NCCOCCOCCOCCn3cc(C4CC4)nn3)C(OC)C(O)C2O)C(O)C1O. The van der Waals surface area contributed by atoms with Gasteiger partial charge in [-0.3, -0.25) is 4.79 Å². The van der Waals surface area contributed by atoms with Crippen molar-refractivity contribution in [1.29, 1.82) is 0 Å². The number of rotatable bonds is 19. The first-order chi connectivity index (χ1) is 22.2. The van der Waals surface area contributed by atoms with Crippen LogP contribution in [0.25, 0.3) is 0 Å². The van der Waals surface area contributed by atoms with Crippen molar-refractivity contribution in [3.8, 4) is 0 Å². The fourth-order valence-corrected chi connectivity index (χ4v) is 5.00. The van der Waals surface area contributed by atoms with Gasteiger partial charge in [-0.25, -0.2) is 9.48 Å². The minimum atomic E-state index is -1.85. The summed E-state index contributed by atoms with van der Waals surface area (Å²) in [7, 11) is 2.34. The number of amides is 1. The standard InChI is InChI=1S/C27H44N4O15/c1-39-20-16(32)19(35)27(44-21-17(33)18(34)26(40-2)46-23(21)25(37)38)45-22(20)24(36)28-5-7-41-9-11-43-12-10-42-8-6-31-13-15(29-30-31)14-3-4-14/h13-14,16-23,26-27,32-35H,3-12H2,1-2H3,(H,28,36)(H,37,38). The molecule has 46 heavy (non-hydrogen) atoms. The second kappa shape index (κ2) is 17.7. The largest absolute Gasteiger partial charge is 0.479 e. The Bertz CT molecular complexity index is 1090. The van der Waals surface area contributed by atoms with E-state index in [-0.39, 0.29) is 19.8 Å². The van der Waals surface area contributed by atoms with E-state index < -0.39 is 73.3 Å². The van der Waals surface area contributed by atoms with E-state index in [1.807, 2.05) is 6.20 Å². The van der Waals surface area contributed by atoms with Crippen LogP contribution in [-0.4, -0.2) is 174 Å². The van der Waals surface area contributed by atoms with E-state index in [9.17, 15) is 35.1 Å². The normalized spacial score (nSPS) is 33.2. The molecule has 1 aromatic heterocycles. The zero-order chi connectivity index (χ0) is 33.2. The van der Waals surface area contributed by atoms with Crippen molar-refractivity contribution in [3.63, 3.8) is 0 Å². The number of nitrogens with one attached hydrogen (secondary N) is 1. The molecule has 1 saturated carbocycles. The molecule has 3 aliphatic rings. The number of aliphatic hydroxyl groups is 4. The molecule has 1 aromatic rings. The van der Waals surface area contributed by atoms with Gasteiger partial charge in [0.2, 0.25) is 0 Å². The van der Waals surface area contributed by atoms with Crippen molar-refractivity contribution in [1.82, 2.24) is 20.3 Å². The van der Waals surface area contributed by atoms with Gasteiger partial charge >= 0.3 is 5.97 Å². The van der Waals surface area contributed by atoms with Gasteiger partial charge in [-0.15, -0.1) is 5.10 Å².